The van der Waals surface area contributed by atoms with Crippen molar-refractivity contribution in [2.45, 2.75) is 84.2 Å². The highest BCUT2D eigenvalue weighted by molar-refractivity contribution is 8.14. The molecule has 2 heterocycles. The third-order valence-electron chi connectivity index (χ3n) is 6.20. The second-order valence-corrected chi connectivity index (χ2v) is 11.6. The minimum Gasteiger partial charge on any atom is -0.444 e. The Hall–Kier alpha value is -2.38. The number of thiazole rings is 1. The lowest BCUT2D eigenvalue weighted by Crippen LogP contribution is -2.54. The molecule has 0 spiro atoms. The highest BCUT2D eigenvalue weighted by Crippen LogP contribution is 2.23. The molecule has 0 radical (unpaired) electrons. The number of nitrogens with one attached hydrogen (secondary N) is 3. The molecule has 1 aromatic rings. The van der Waals surface area contributed by atoms with E-state index >= 15 is 0 Å². The summed E-state index contributed by atoms with van der Waals surface area (Å²) in [7, 11) is 1.66. The van der Waals surface area contributed by atoms with E-state index in [1.807, 2.05) is 13.8 Å². The fourth-order valence-corrected chi connectivity index (χ4v) is 5.42. The van der Waals surface area contributed by atoms with Gasteiger partial charge < -0.3 is 30.7 Å². The number of nitrogens with zero attached hydrogens (tertiary/aromatic N) is 3. The molecule has 1 aromatic heterocycles. The number of hydrogen-bond acceptors (Lipinski definition) is 9. The zero-order valence-electron chi connectivity index (χ0n) is 22.9. The van der Waals surface area contributed by atoms with Gasteiger partial charge in [-0.15, -0.1) is 23.1 Å². The van der Waals surface area contributed by atoms with Crippen molar-refractivity contribution in [1.82, 2.24) is 25.8 Å². The molecular formula is C25H42N6O5S2. The molecule has 0 bridgehead atoms. The van der Waals surface area contributed by atoms with Crippen molar-refractivity contribution >= 4 is 46.2 Å². The first-order valence-corrected chi connectivity index (χ1v) is 15.0. The van der Waals surface area contributed by atoms with E-state index in [1.54, 1.807) is 30.5 Å². The molecule has 0 aromatic carbocycles. The molecule has 0 aliphatic carbocycles. The second kappa shape index (κ2) is 16.6. The molecule has 214 valence electrons. The molecule has 4 amide bonds. The lowest BCUT2D eigenvalue weighted by Gasteiger charge is -2.26. The predicted octanol–water partition coefficient (Wildman–Crippen LogP) is 3.00. The zero-order valence-corrected chi connectivity index (χ0v) is 24.6. The molecule has 11 nitrogen and oxygen atoms in total. The minimum atomic E-state index is -1.06. The number of aliphatic hydroxyl groups is 1. The summed E-state index contributed by atoms with van der Waals surface area (Å²) in [6.45, 7) is 8.21. The van der Waals surface area contributed by atoms with E-state index in [1.165, 1.54) is 16.2 Å². The van der Waals surface area contributed by atoms with Crippen LogP contribution in [0, 0.1) is 5.92 Å². The van der Waals surface area contributed by atoms with Crippen LogP contribution >= 0.6 is 23.1 Å². The number of alkyl carbamates (subject to hydrolysis) is 1. The van der Waals surface area contributed by atoms with Crippen LogP contribution in [-0.2, 0) is 16.1 Å². The Bertz CT molecular complexity index is 914. The van der Waals surface area contributed by atoms with E-state index in [4.69, 9.17) is 4.74 Å². The number of hydrogen-bond donors (Lipinski definition) is 4. The molecule has 1 aliphatic heterocycles. The maximum absolute atomic E-state index is 12.8. The number of carbonyl (C=O) groups is 3. The van der Waals surface area contributed by atoms with Crippen LogP contribution in [0.4, 0.5) is 9.59 Å². The standard InChI is InChI=1S/C25H42N6O5S2/c1-6-17(8-9-18(7-2)29-25(35)36-13-20-10-26-15-38-20)27-22(33)21(12-32)30-24(34)31(5)11-19-14-37-23(28-19)16(3)4/h10,15-19,21,32H,6-9,11-14H2,1-5H3,(H,27,33)(H,29,35)(H,30,34). The number of aliphatic hydroxyl groups excluding tert-OH is 1. The summed E-state index contributed by atoms with van der Waals surface area (Å²) >= 11 is 3.13. The van der Waals surface area contributed by atoms with Crippen LogP contribution in [0.15, 0.2) is 16.7 Å². The van der Waals surface area contributed by atoms with Crippen LogP contribution in [0.3, 0.4) is 0 Å². The lowest BCUT2D eigenvalue weighted by atomic mass is 10.0. The number of aliphatic imine (C=N–C) groups is 1. The maximum atomic E-state index is 12.8. The van der Waals surface area contributed by atoms with Crippen molar-refractivity contribution in [1.29, 1.82) is 0 Å². The van der Waals surface area contributed by atoms with E-state index < -0.39 is 30.7 Å². The average Bonchev–Trinajstić information content (AvgIpc) is 3.59. The highest BCUT2D eigenvalue weighted by Gasteiger charge is 2.27. The smallest absolute Gasteiger partial charge is 0.407 e. The van der Waals surface area contributed by atoms with Crippen molar-refractivity contribution < 1.29 is 24.2 Å². The Morgan fingerprint density at radius 3 is 2.39 bits per heavy atom. The Balaban J connectivity index is 1.78. The van der Waals surface area contributed by atoms with Crippen LogP contribution < -0.4 is 16.0 Å². The van der Waals surface area contributed by atoms with E-state index in [9.17, 15) is 19.5 Å². The van der Waals surface area contributed by atoms with Gasteiger partial charge in [0.15, 0.2) is 0 Å². The Labute approximate surface area is 233 Å². The van der Waals surface area contributed by atoms with Gasteiger partial charge in [0.1, 0.15) is 12.6 Å². The van der Waals surface area contributed by atoms with Gasteiger partial charge in [0.25, 0.3) is 0 Å². The molecule has 0 saturated carbocycles. The summed E-state index contributed by atoms with van der Waals surface area (Å²) in [6.07, 6.45) is 3.82. The zero-order chi connectivity index (χ0) is 28.1. The van der Waals surface area contributed by atoms with E-state index in [0.29, 0.717) is 38.1 Å². The average molecular weight is 571 g/mol. The predicted molar refractivity (Wildman–Crippen MR) is 152 cm³/mol. The summed E-state index contributed by atoms with van der Waals surface area (Å²) in [5.74, 6) is 0.747. The van der Waals surface area contributed by atoms with Crippen molar-refractivity contribution in [3.8, 4) is 0 Å². The molecule has 4 N–H and O–H groups in total. The number of likely N-dealkylation sites (N-methyl/N-ethyl adjacent to an activating group) is 1. The van der Waals surface area contributed by atoms with Crippen LogP contribution in [0.1, 0.15) is 58.3 Å². The van der Waals surface area contributed by atoms with E-state index in [0.717, 1.165) is 15.7 Å². The van der Waals surface area contributed by atoms with Crippen LogP contribution in [0.25, 0.3) is 0 Å². The highest BCUT2D eigenvalue weighted by atomic mass is 32.2. The number of carbonyl (C=O) groups excluding carboxylic acids is 3. The van der Waals surface area contributed by atoms with Gasteiger partial charge in [-0.25, -0.2) is 9.59 Å². The molecule has 38 heavy (non-hydrogen) atoms. The fourth-order valence-electron chi connectivity index (χ4n) is 3.82. The monoisotopic (exact) mass is 570 g/mol. The third-order valence-corrected chi connectivity index (χ3v) is 8.38. The third kappa shape index (κ3) is 10.8. The van der Waals surface area contributed by atoms with Crippen LogP contribution in [0.5, 0.6) is 0 Å². The number of rotatable bonds is 15. The summed E-state index contributed by atoms with van der Waals surface area (Å²) in [5.41, 5.74) is 1.68. The van der Waals surface area contributed by atoms with Crippen molar-refractivity contribution in [3.63, 3.8) is 0 Å². The number of aromatic nitrogens is 1. The van der Waals surface area contributed by atoms with Gasteiger partial charge >= 0.3 is 12.1 Å². The molecular weight excluding hydrogens is 528 g/mol. The topological polar surface area (TPSA) is 145 Å². The van der Waals surface area contributed by atoms with Crippen LogP contribution in [-0.4, -0.2) is 88.2 Å². The summed E-state index contributed by atoms with van der Waals surface area (Å²) in [4.78, 5) is 48.6. The molecule has 0 fully saturated rings. The van der Waals surface area contributed by atoms with Gasteiger partial charge in [-0.1, -0.05) is 27.7 Å². The van der Waals surface area contributed by atoms with Gasteiger partial charge in [-0.2, -0.15) is 0 Å². The van der Waals surface area contributed by atoms with Gasteiger partial charge in [0, 0.05) is 43.5 Å². The largest absolute Gasteiger partial charge is 0.444 e. The second-order valence-electron chi connectivity index (χ2n) is 9.64. The quantitative estimate of drug-likeness (QED) is 0.254. The fraction of sp³-hybridized carbons (Fsp3) is 0.720. The summed E-state index contributed by atoms with van der Waals surface area (Å²) in [6, 6.07) is -1.76. The van der Waals surface area contributed by atoms with Crippen molar-refractivity contribution in [2.75, 3.05) is 26.0 Å². The van der Waals surface area contributed by atoms with Crippen LogP contribution in [0.2, 0.25) is 0 Å². The van der Waals surface area contributed by atoms with Crippen molar-refractivity contribution in [3.05, 3.63) is 16.6 Å². The summed E-state index contributed by atoms with van der Waals surface area (Å²) < 4.78 is 5.25. The number of ether oxygens (including phenoxy) is 1. The maximum Gasteiger partial charge on any atom is 0.407 e. The van der Waals surface area contributed by atoms with E-state index in [-0.39, 0.29) is 24.7 Å². The van der Waals surface area contributed by atoms with Gasteiger partial charge in [0.2, 0.25) is 5.91 Å². The molecule has 13 heteroatoms. The Morgan fingerprint density at radius 1 is 1.16 bits per heavy atom. The van der Waals surface area contributed by atoms with Gasteiger partial charge in [0.05, 0.1) is 28.1 Å². The summed E-state index contributed by atoms with van der Waals surface area (Å²) in [5, 5.41) is 19.3. The first-order chi connectivity index (χ1) is 18.2. The SMILES string of the molecule is CCC(CCC(CC)NC(=O)C(CO)NC(=O)N(C)CC1CSC(C(C)C)=N1)NC(=O)OCc1cncs1. The normalized spacial score (nSPS) is 17.3. The first-order valence-electron chi connectivity index (χ1n) is 13.1. The number of urea groups is 1. The molecule has 1 aliphatic rings. The number of amides is 4. The van der Waals surface area contributed by atoms with Crippen molar-refractivity contribution in [2.24, 2.45) is 10.9 Å². The molecule has 2 rings (SSSR count). The Kier molecular flexibility index (Phi) is 13.9. The first kappa shape index (κ1) is 31.8. The van der Waals surface area contributed by atoms with Gasteiger partial charge in [-0.05, 0) is 25.7 Å². The Morgan fingerprint density at radius 2 is 1.84 bits per heavy atom. The number of thioether (sulfide) groups is 1. The van der Waals surface area contributed by atoms with E-state index in [2.05, 4.69) is 39.8 Å². The molecule has 4 unspecified atom stereocenters. The minimum absolute atomic E-state index is 0.0177. The van der Waals surface area contributed by atoms with Gasteiger partial charge in [-0.3, -0.25) is 14.8 Å². The molecule has 4 atom stereocenters. The lowest BCUT2D eigenvalue weighted by molar-refractivity contribution is -0.124. The molecule has 0 saturated heterocycles.